The molecule has 1 aromatic carbocycles. The molecule has 1 N–H and O–H groups in total. The molecule has 3 heterocycles. The van der Waals surface area contributed by atoms with Crippen molar-refractivity contribution < 1.29 is 19.1 Å². The van der Waals surface area contributed by atoms with Gasteiger partial charge >= 0.3 is 0 Å². The Morgan fingerprint density at radius 1 is 1.11 bits per heavy atom. The normalized spacial score (nSPS) is 19.6. The van der Waals surface area contributed by atoms with Crippen molar-refractivity contribution in [2.45, 2.75) is 58.8 Å². The average molecular weight is 479 g/mol. The van der Waals surface area contributed by atoms with Gasteiger partial charge in [0, 0.05) is 55.8 Å². The third kappa shape index (κ3) is 5.22. The minimum absolute atomic E-state index is 0.0774. The van der Waals surface area contributed by atoms with Crippen LogP contribution in [0.5, 0.6) is 0 Å². The lowest BCUT2D eigenvalue weighted by Crippen LogP contribution is -2.60. The van der Waals surface area contributed by atoms with E-state index >= 15 is 0 Å². The first kappa shape index (κ1) is 24.9. The molecule has 2 aliphatic heterocycles. The van der Waals surface area contributed by atoms with Crippen LogP contribution in [0, 0.1) is 12.3 Å². The van der Waals surface area contributed by atoms with E-state index in [1.165, 1.54) is 0 Å². The van der Waals surface area contributed by atoms with Gasteiger partial charge in [-0.05, 0) is 36.8 Å². The highest BCUT2D eigenvalue weighted by Gasteiger charge is 2.54. The van der Waals surface area contributed by atoms with Gasteiger partial charge in [0.15, 0.2) is 0 Å². The summed E-state index contributed by atoms with van der Waals surface area (Å²) < 4.78 is 6.26. The molecule has 35 heavy (non-hydrogen) atoms. The number of likely N-dealkylation sites (tertiary alicyclic amines) is 1. The van der Waals surface area contributed by atoms with Crippen LogP contribution in [0.15, 0.2) is 48.8 Å². The van der Waals surface area contributed by atoms with Gasteiger partial charge in [0.05, 0.1) is 6.61 Å². The van der Waals surface area contributed by atoms with E-state index in [4.69, 9.17) is 4.74 Å². The molecule has 0 unspecified atom stereocenters. The second kappa shape index (κ2) is 9.77. The molecule has 2 saturated heterocycles. The van der Waals surface area contributed by atoms with Gasteiger partial charge in [-0.25, -0.2) is 0 Å². The molecular formula is C27H34N4O4. The lowest BCUT2D eigenvalue weighted by Gasteiger charge is -2.45. The van der Waals surface area contributed by atoms with Crippen LogP contribution in [-0.2, 0) is 20.9 Å². The molecule has 1 aromatic heterocycles. The van der Waals surface area contributed by atoms with Gasteiger partial charge in [0.25, 0.3) is 5.91 Å². The fraction of sp³-hybridized carbons (Fsp3) is 0.481. The second-order valence-electron chi connectivity index (χ2n) is 10.4. The number of hydrogen-bond acceptors (Lipinski definition) is 5. The van der Waals surface area contributed by atoms with Crippen molar-refractivity contribution in [3.8, 4) is 0 Å². The first-order valence-electron chi connectivity index (χ1n) is 12.1. The van der Waals surface area contributed by atoms with Gasteiger partial charge in [-0.15, -0.1) is 0 Å². The van der Waals surface area contributed by atoms with Crippen molar-refractivity contribution in [3.63, 3.8) is 0 Å². The number of hydrogen-bond donors (Lipinski definition) is 1. The number of benzene rings is 1. The molecule has 0 radical (unpaired) electrons. The lowest BCUT2D eigenvalue weighted by atomic mass is 9.91. The largest absolute Gasteiger partial charge is 0.353 e. The number of rotatable bonds is 4. The number of aromatic nitrogens is 1. The predicted molar refractivity (Wildman–Crippen MR) is 131 cm³/mol. The summed E-state index contributed by atoms with van der Waals surface area (Å²) in [6.45, 7) is 9.05. The Labute approximate surface area is 206 Å². The van der Waals surface area contributed by atoms with Gasteiger partial charge in [0.2, 0.25) is 11.8 Å². The van der Waals surface area contributed by atoms with Crippen molar-refractivity contribution in [1.82, 2.24) is 20.1 Å². The molecule has 3 amide bonds. The maximum atomic E-state index is 13.8. The van der Waals surface area contributed by atoms with Crippen LogP contribution in [0.2, 0.25) is 0 Å². The fourth-order valence-electron chi connectivity index (χ4n) is 4.83. The number of carbonyl (C=O) groups is 3. The summed E-state index contributed by atoms with van der Waals surface area (Å²) in [5.74, 6) is -0.410. The molecule has 4 rings (SSSR count). The van der Waals surface area contributed by atoms with Crippen LogP contribution in [0.4, 0.5) is 0 Å². The summed E-state index contributed by atoms with van der Waals surface area (Å²) in [5.41, 5.74) is 1.01. The van der Waals surface area contributed by atoms with Gasteiger partial charge in [-0.2, -0.15) is 0 Å². The third-order valence-corrected chi connectivity index (χ3v) is 6.74. The molecule has 2 aromatic rings. The zero-order valence-corrected chi connectivity index (χ0v) is 20.9. The standard InChI is InChI=1S/C27H34N4O4/c1-19-6-5-7-21(16-19)24(33)31-22(23(32)29-17-20-8-12-28-13-9-20)18-35-27(31)10-14-30(15-11-27)25(34)26(2,3)4/h5-9,12-13,16,22H,10-11,14-15,17-18H2,1-4H3,(H,29,32)/t22-/m0/s1. The first-order valence-corrected chi connectivity index (χ1v) is 12.1. The van der Waals surface area contributed by atoms with E-state index in [1.54, 1.807) is 23.4 Å². The summed E-state index contributed by atoms with van der Waals surface area (Å²) in [6.07, 6.45) is 4.27. The highest BCUT2D eigenvalue weighted by atomic mass is 16.5. The first-order chi connectivity index (χ1) is 16.6. The smallest absolute Gasteiger partial charge is 0.256 e. The summed E-state index contributed by atoms with van der Waals surface area (Å²) in [4.78, 5) is 47.4. The lowest BCUT2D eigenvalue weighted by molar-refractivity contribution is -0.150. The van der Waals surface area contributed by atoms with E-state index in [2.05, 4.69) is 10.3 Å². The second-order valence-corrected chi connectivity index (χ2v) is 10.4. The van der Waals surface area contributed by atoms with Crippen molar-refractivity contribution in [3.05, 3.63) is 65.5 Å². The Morgan fingerprint density at radius 3 is 2.43 bits per heavy atom. The molecule has 186 valence electrons. The molecule has 2 fully saturated rings. The topological polar surface area (TPSA) is 91.8 Å². The SMILES string of the molecule is Cc1cccc(C(=O)N2[C@H](C(=O)NCc3ccncc3)COC23CCN(C(=O)C(C)(C)C)CC3)c1. The molecule has 0 aliphatic carbocycles. The summed E-state index contributed by atoms with van der Waals surface area (Å²) in [7, 11) is 0. The Kier molecular flexibility index (Phi) is 6.94. The van der Waals surface area contributed by atoms with Crippen molar-refractivity contribution in [1.29, 1.82) is 0 Å². The number of nitrogens with one attached hydrogen (secondary N) is 1. The van der Waals surface area contributed by atoms with Crippen molar-refractivity contribution in [2.24, 2.45) is 5.41 Å². The number of nitrogens with zero attached hydrogens (tertiary/aromatic N) is 3. The third-order valence-electron chi connectivity index (χ3n) is 6.74. The highest BCUT2D eigenvalue weighted by molar-refractivity contribution is 5.98. The highest BCUT2D eigenvalue weighted by Crippen LogP contribution is 2.39. The summed E-state index contributed by atoms with van der Waals surface area (Å²) >= 11 is 0. The van der Waals surface area contributed by atoms with Gasteiger partial charge in [0.1, 0.15) is 11.8 Å². The Bertz CT molecular complexity index is 1090. The Balaban J connectivity index is 1.57. The summed E-state index contributed by atoms with van der Waals surface area (Å²) in [5, 5.41) is 2.95. The molecule has 1 spiro atoms. The van der Waals surface area contributed by atoms with Crippen LogP contribution in [0.1, 0.15) is 55.1 Å². The van der Waals surface area contributed by atoms with Crippen LogP contribution >= 0.6 is 0 Å². The number of carbonyl (C=O) groups excluding carboxylic acids is 3. The Hall–Kier alpha value is -3.26. The van der Waals surface area contributed by atoms with E-state index < -0.39 is 17.2 Å². The maximum Gasteiger partial charge on any atom is 0.256 e. The number of amides is 3. The molecular weight excluding hydrogens is 444 g/mol. The molecule has 8 heteroatoms. The zero-order valence-electron chi connectivity index (χ0n) is 20.9. The van der Waals surface area contributed by atoms with Gasteiger partial charge in [-0.3, -0.25) is 24.3 Å². The molecule has 1 atom stereocenters. The zero-order chi connectivity index (χ0) is 25.2. The molecule has 0 saturated carbocycles. The van der Waals surface area contributed by atoms with Gasteiger partial charge < -0.3 is 15.0 Å². The number of ether oxygens (including phenoxy) is 1. The monoisotopic (exact) mass is 478 g/mol. The average Bonchev–Trinajstić information content (AvgIpc) is 3.20. The number of pyridine rings is 1. The molecule has 0 bridgehead atoms. The van der Waals surface area contributed by atoms with Crippen LogP contribution in [0.25, 0.3) is 0 Å². The van der Waals surface area contributed by atoms with E-state index in [0.29, 0.717) is 38.0 Å². The minimum atomic E-state index is -0.922. The number of aryl methyl sites for hydroxylation is 1. The quantitative estimate of drug-likeness (QED) is 0.730. The van der Waals surface area contributed by atoms with E-state index in [9.17, 15) is 14.4 Å². The van der Waals surface area contributed by atoms with Crippen LogP contribution < -0.4 is 5.32 Å². The summed E-state index contributed by atoms with van der Waals surface area (Å²) in [6, 6.07) is 10.3. The van der Waals surface area contributed by atoms with E-state index in [1.807, 2.05) is 62.9 Å². The molecule has 2 aliphatic rings. The van der Waals surface area contributed by atoms with Crippen LogP contribution in [0.3, 0.4) is 0 Å². The molecule has 8 nitrogen and oxygen atoms in total. The fourth-order valence-corrected chi connectivity index (χ4v) is 4.83. The van der Waals surface area contributed by atoms with E-state index in [0.717, 1.165) is 11.1 Å². The van der Waals surface area contributed by atoms with E-state index in [-0.39, 0.29) is 24.3 Å². The maximum absolute atomic E-state index is 13.8. The minimum Gasteiger partial charge on any atom is -0.353 e. The van der Waals surface area contributed by atoms with Crippen molar-refractivity contribution >= 4 is 17.7 Å². The van der Waals surface area contributed by atoms with Gasteiger partial charge in [-0.1, -0.05) is 38.5 Å². The van der Waals surface area contributed by atoms with Crippen LogP contribution in [-0.4, -0.2) is 64.0 Å². The van der Waals surface area contributed by atoms with Crippen molar-refractivity contribution in [2.75, 3.05) is 19.7 Å². The Morgan fingerprint density at radius 2 is 1.80 bits per heavy atom. The predicted octanol–water partition coefficient (Wildman–Crippen LogP) is 2.91. The number of piperidine rings is 1.